The van der Waals surface area contributed by atoms with Crippen LogP contribution in [-0.2, 0) is 9.53 Å². The molecule has 8 nitrogen and oxygen atoms in total. The molecule has 4 N–H and O–H groups in total. The van der Waals surface area contributed by atoms with Crippen LogP contribution in [0.1, 0.15) is 24.2 Å². The van der Waals surface area contributed by atoms with Gasteiger partial charge in [0.1, 0.15) is 5.54 Å². The Morgan fingerprint density at radius 1 is 1.35 bits per heavy atom. The second kappa shape index (κ2) is 5.49. The smallest absolute Gasteiger partial charge is 0.329 e. The maximum absolute atomic E-state index is 12.0. The summed E-state index contributed by atoms with van der Waals surface area (Å²) in [5.74, 6) is -1.04. The van der Waals surface area contributed by atoms with Gasteiger partial charge in [-0.3, -0.25) is 5.10 Å². The minimum Gasteiger partial charge on any atom is -0.480 e. The molecule has 0 atom stereocenters. The van der Waals surface area contributed by atoms with Crippen LogP contribution in [0.15, 0.2) is 0 Å². The van der Waals surface area contributed by atoms with Crippen molar-refractivity contribution in [2.75, 3.05) is 18.5 Å². The number of amides is 2. The Labute approximate surface area is 115 Å². The number of aromatic nitrogens is 2. The van der Waals surface area contributed by atoms with Crippen molar-refractivity contribution in [2.24, 2.45) is 0 Å². The highest BCUT2D eigenvalue weighted by atomic mass is 16.5. The van der Waals surface area contributed by atoms with Crippen LogP contribution in [0.25, 0.3) is 0 Å². The number of carboxylic acids is 1. The van der Waals surface area contributed by atoms with Crippen LogP contribution in [0.3, 0.4) is 0 Å². The second-order valence-electron chi connectivity index (χ2n) is 4.89. The fourth-order valence-electron chi connectivity index (χ4n) is 2.21. The maximum Gasteiger partial charge on any atom is 0.329 e. The van der Waals surface area contributed by atoms with E-state index in [1.54, 1.807) is 13.8 Å². The molecule has 1 saturated heterocycles. The van der Waals surface area contributed by atoms with Gasteiger partial charge in [-0.25, -0.2) is 9.59 Å². The lowest BCUT2D eigenvalue weighted by Gasteiger charge is -2.33. The molecule has 2 rings (SSSR count). The lowest BCUT2D eigenvalue weighted by atomic mass is 9.90. The average molecular weight is 282 g/mol. The Hall–Kier alpha value is -2.09. The van der Waals surface area contributed by atoms with E-state index in [1.165, 1.54) is 0 Å². The molecule has 0 aromatic carbocycles. The normalized spacial score (nSPS) is 17.5. The summed E-state index contributed by atoms with van der Waals surface area (Å²) in [5, 5.41) is 21.3. The second-order valence-corrected chi connectivity index (χ2v) is 4.89. The van der Waals surface area contributed by atoms with Gasteiger partial charge in [0.15, 0.2) is 0 Å². The van der Waals surface area contributed by atoms with Gasteiger partial charge in [0, 0.05) is 26.1 Å². The summed E-state index contributed by atoms with van der Waals surface area (Å²) in [6.45, 7) is 4.16. The van der Waals surface area contributed by atoms with Crippen LogP contribution in [0.2, 0.25) is 0 Å². The molecule has 8 heteroatoms. The number of carbonyl (C=O) groups is 2. The van der Waals surface area contributed by atoms with E-state index in [2.05, 4.69) is 20.8 Å². The average Bonchev–Trinajstić information content (AvgIpc) is 2.71. The minimum atomic E-state index is -1.27. The summed E-state index contributed by atoms with van der Waals surface area (Å²) in [7, 11) is 0. The standard InChI is InChI=1S/C12H18N4O4/c1-7-9(8(2)16-15-7)13-11(19)14-12(10(17)18)3-5-20-6-4-12/h3-6H2,1-2H3,(H,15,16)(H,17,18)(H2,13,14,19). The Kier molecular flexibility index (Phi) is 3.93. The largest absolute Gasteiger partial charge is 0.480 e. The van der Waals surface area contributed by atoms with E-state index in [-0.39, 0.29) is 12.8 Å². The molecule has 1 aromatic heterocycles. The zero-order valence-corrected chi connectivity index (χ0v) is 11.4. The van der Waals surface area contributed by atoms with Crippen molar-refractivity contribution in [3.05, 3.63) is 11.4 Å². The predicted octanol–water partition coefficient (Wildman–Crippen LogP) is 0.782. The van der Waals surface area contributed by atoms with E-state index in [0.717, 1.165) is 0 Å². The van der Waals surface area contributed by atoms with E-state index in [0.29, 0.717) is 30.3 Å². The highest BCUT2D eigenvalue weighted by Crippen LogP contribution is 2.22. The zero-order valence-electron chi connectivity index (χ0n) is 11.4. The SMILES string of the molecule is Cc1n[nH]c(C)c1NC(=O)NC1(C(=O)O)CCOCC1. The number of urea groups is 1. The van der Waals surface area contributed by atoms with Gasteiger partial charge in [-0.05, 0) is 13.8 Å². The molecule has 0 bridgehead atoms. The molecule has 110 valence electrons. The monoisotopic (exact) mass is 282 g/mol. The van der Waals surface area contributed by atoms with Gasteiger partial charge < -0.3 is 20.5 Å². The van der Waals surface area contributed by atoms with Crippen LogP contribution < -0.4 is 10.6 Å². The van der Waals surface area contributed by atoms with Crippen LogP contribution in [-0.4, -0.2) is 46.1 Å². The molecular formula is C12H18N4O4. The number of ether oxygens (including phenoxy) is 1. The molecule has 1 aliphatic rings. The first-order valence-corrected chi connectivity index (χ1v) is 6.36. The number of carboxylic acid groups (broad SMARTS) is 1. The fraction of sp³-hybridized carbons (Fsp3) is 0.583. The van der Waals surface area contributed by atoms with Gasteiger partial charge in [-0.1, -0.05) is 0 Å². The molecule has 0 unspecified atom stereocenters. The van der Waals surface area contributed by atoms with E-state index >= 15 is 0 Å². The molecular weight excluding hydrogens is 264 g/mol. The van der Waals surface area contributed by atoms with Gasteiger partial charge >= 0.3 is 12.0 Å². The van der Waals surface area contributed by atoms with Crippen molar-refractivity contribution < 1.29 is 19.4 Å². The van der Waals surface area contributed by atoms with Crippen LogP contribution in [0, 0.1) is 13.8 Å². The zero-order chi connectivity index (χ0) is 14.8. The number of hydrogen-bond donors (Lipinski definition) is 4. The van der Waals surface area contributed by atoms with Crippen LogP contribution in [0.4, 0.5) is 10.5 Å². The highest BCUT2D eigenvalue weighted by molar-refractivity contribution is 5.94. The molecule has 20 heavy (non-hydrogen) atoms. The maximum atomic E-state index is 12.0. The van der Waals surface area contributed by atoms with E-state index < -0.39 is 17.5 Å². The highest BCUT2D eigenvalue weighted by Gasteiger charge is 2.41. The summed E-state index contributed by atoms with van der Waals surface area (Å²) in [6.07, 6.45) is 0.498. The van der Waals surface area contributed by atoms with Crippen LogP contribution >= 0.6 is 0 Å². The number of aryl methyl sites for hydroxylation is 2. The first-order valence-electron chi connectivity index (χ1n) is 6.36. The van der Waals surface area contributed by atoms with Crippen molar-refractivity contribution in [2.45, 2.75) is 32.2 Å². The molecule has 1 aliphatic heterocycles. The molecule has 0 spiro atoms. The number of nitrogens with zero attached hydrogens (tertiary/aromatic N) is 1. The topological polar surface area (TPSA) is 116 Å². The molecule has 1 fully saturated rings. The number of nitrogens with one attached hydrogen (secondary N) is 3. The predicted molar refractivity (Wildman–Crippen MR) is 70.6 cm³/mol. The lowest BCUT2D eigenvalue weighted by molar-refractivity contribution is -0.148. The lowest BCUT2D eigenvalue weighted by Crippen LogP contribution is -2.58. The van der Waals surface area contributed by atoms with Gasteiger partial charge in [0.25, 0.3) is 0 Å². The molecule has 2 heterocycles. The number of carbonyl (C=O) groups excluding carboxylic acids is 1. The third-order valence-electron chi connectivity index (χ3n) is 3.48. The Morgan fingerprint density at radius 2 is 2.00 bits per heavy atom. The molecule has 0 aliphatic carbocycles. The van der Waals surface area contributed by atoms with Crippen molar-refractivity contribution in [3.63, 3.8) is 0 Å². The molecule has 0 saturated carbocycles. The van der Waals surface area contributed by atoms with Crippen LogP contribution in [0.5, 0.6) is 0 Å². The van der Waals surface area contributed by atoms with E-state index in [9.17, 15) is 14.7 Å². The quantitative estimate of drug-likeness (QED) is 0.653. The molecule has 0 radical (unpaired) electrons. The minimum absolute atomic E-state index is 0.249. The van der Waals surface area contributed by atoms with E-state index in [4.69, 9.17) is 4.74 Å². The first kappa shape index (κ1) is 14.3. The number of hydrogen-bond acceptors (Lipinski definition) is 4. The summed E-state index contributed by atoms with van der Waals surface area (Å²) < 4.78 is 5.15. The molecule has 2 amide bonds. The fourth-order valence-corrected chi connectivity index (χ4v) is 2.21. The van der Waals surface area contributed by atoms with Crippen molar-refractivity contribution in [3.8, 4) is 0 Å². The summed E-state index contributed by atoms with van der Waals surface area (Å²) >= 11 is 0. The molecule has 1 aromatic rings. The third kappa shape index (κ3) is 2.74. The summed E-state index contributed by atoms with van der Waals surface area (Å²) in [5.41, 5.74) is 0.659. The van der Waals surface area contributed by atoms with Gasteiger partial charge in [0.05, 0.1) is 17.1 Å². The van der Waals surface area contributed by atoms with Crippen molar-refractivity contribution >= 4 is 17.7 Å². The van der Waals surface area contributed by atoms with E-state index in [1.807, 2.05) is 0 Å². The Morgan fingerprint density at radius 3 is 2.50 bits per heavy atom. The first-order chi connectivity index (χ1) is 9.44. The van der Waals surface area contributed by atoms with Gasteiger partial charge in [0.2, 0.25) is 0 Å². The third-order valence-corrected chi connectivity index (χ3v) is 3.48. The van der Waals surface area contributed by atoms with Crippen molar-refractivity contribution in [1.29, 1.82) is 0 Å². The Bertz CT molecular complexity index is 500. The number of aromatic amines is 1. The number of anilines is 1. The Balaban J connectivity index is 2.08. The summed E-state index contributed by atoms with van der Waals surface area (Å²) in [4.78, 5) is 23.5. The number of H-pyrrole nitrogens is 1. The van der Waals surface area contributed by atoms with Crippen molar-refractivity contribution in [1.82, 2.24) is 15.5 Å². The number of aliphatic carboxylic acids is 1. The summed E-state index contributed by atoms with van der Waals surface area (Å²) in [6, 6.07) is -0.554. The van der Waals surface area contributed by atoms with Gasteiger partial charge in [-0.2, -0.15) is 5.10 Å². The van der Waals surface area contributed by atoms with Gasteiger partial charge in [-0.15, -0.1) is 0 Å². The number of rotatable bonds is 3.